The number of nitrogens with two attached hydrogens (primary N) is 1. The van der Waals surface area contributed by atoms with Crippen molar-refractivity contribution >= 4 is 11.6 Å². The number of allylic oxidation sites excluding steroid dienone is 4. The van der Waals surface area contributed by atoms with E-state index in [2.05, 4.69) is 29.5 Å². The number of amides is 1. The van der Waals surface area contributed by atoms with Gasteiger partial charge in [-0.1, -0.05) is 24.6 Å². The van der Waals surface area contributed by atoms with Crippen molar-refractivity contribution in [2.75, 3.05) is 18.4 Å². The van der Waals surface area contributed by atoms with Gasteiger partial charge >= 0.3 is 0 Å². The molecule has 1 aromatic heterocycles. The summed E-state index contributed by atoms with van der Waals surface area (Å²) in [5, 5.41) is 6.22. The lowest BCUT2D eigenvalue weighted by molar-refractivity contribution is -0.112. The van der Waals surface area contributed by atoms with Crippen molar-refractivity contribution < 1.29 is 4.79 Å². The maximum absolute atomic E-state index is 12.1. The molecule has 1 heterocycles. The van der Waals surface area contributed by atoms with E-state index >= 15 is 0 Å². The highest BCUT2D eigenvalue weighted by Gasteiger charge is 2.03. The first-order valence-corrected chi connectivity index (χ1v) is 8.28. The number of carbonyl (C=O) groups excluding carboxylic acids is 1. The van der Waals surface area contributed by atoms with Gasteiger partial charge in [0.1, 0.15) is 0 Å². The van der Waals surface area contributed by atoms with Crippen LogP contribution < -0.4 is 16.4 Å². The predicted octanol–water partition coefficient (Wildman–Crippen LogP) is 3.15. The van der Waals surface area contributed by atoms with Crippen LogP contribution in [-0.2, 0) is 4.79 Å². The molecule has 24 heavy (non-hydrogen) atoms. The zero-order valence-electron chi connectivity index (χ0n) is 14.8. The Kier molecular flexibility index (Phi) is 9.16. The molecule has 0 aliphatic carbocycles. The van der Waals surface area contributed by atoms with Crippen molar-refractivity contribution in [3.05, 3.63) is 59.6 Å². The van der Waals surface area contributed by atoms with Gasteiger partial charge in [0.25, 0.3) is 5.91 Å². The van der Waals surface area contributed by atoms with Crippen molar-refractivity contribution in [2.45, 2.75) is 33.6 Å². The molecule has 1 aromatic rings. The van der Waals surface area contributed by atoms with Gasteiger partial charge in [-0.25, -0.2) is 0 Å². The molecule has 0 aliphatic heterocycles. The minimum atomic E-state index is -0.125. The molecule has 0 unspecified atom stereocenters. The molecule has 0 aromatic carbocycles. The maximum atomic E-state index is 12.1. The third kappa shape index (κ3) is 7.24. The first-order chi connectivity index (χ1) is 11.6. The summed E-state index contributed by atoms with van der Waals surface area (Å²) in [4.78, 5) is 16.0. The minimum absolute atomic E-state index is 0.125. The molecule has 5 heteroatoms. The number of nitrogens with zero attached hydrogens (tertiary/aromatic N) is 1. The third-order valence-corrected chi connectivity index (χ3v) is 3.59. The highest BCUT2D eigenvalue weighted by atomic mass is 16.1. The van der Waals surface area contributed by atoms with Crippen molar-refractivity contribution in [1.29, 1.82) is 0 Å². The van der Waals surface area contributed by atoms with Crippen LogP contribution in [0.2, 0.25) is 0 Å². The number of nitrogens with one attached hydrogen (secondary N) is 2. The van der Waals surface area contributed by atoms with E-state index in [0.717, 1.165) is 30.8 Å². The molecular formula is C19H28N4O. The average Bonchev–Trinajstić information content (AvgIpc) is 2.60. The van der Waals surface area contributed by atoms with E-state index in [9.17, 15) is 4.79 Å². The van der Waals surface area contributed by atoms with Gasteiger partial charge in [-0.05, 0) is 51.4 Å². The van der Waals surface area contributed by atoms with Crippen LogP contribution in [0.5, 0.6) is 0 Å². The molecule has 130 valence electrons. The van der Waals surface area contributed by atoms with Crippen LogP contribution in [0.4, 0.5) is 5.69 Å². The van der Waals surface area contributed by atoms with Crippen LogP contribution in [0.1, 0.15) is 33.6 Å². The van der Waals surface area contributed by atoms with E-state index in [1.165, 1.54) is 5.57 Å². The molecule has 0 aliphatic rings. The SMILES string of the molecule is CC/C(C)=C(/C=C\C=C(/C)C(=O)Nc1ccncc1)NCCCN. The zero-order valence-corrected chi connectivity index (χ0v) is 14.8. The largest absolute Gasteiger partial charge is 0.385 e. The van der Waals surface area contributed by atoms with E-state index in [1.807, 2.05) is 18.2 Å². The summed E-state index contributed by atoms with van der Waals surface area (Å²) in [5.41, 5.74) is 9.26. The third-order valence-electron chi connectivity index (χ3n) is 3.59. The van der Waals surface area contributed by atoms with Crippen LogP contribution in [0, 0.1) is 0 Å². The quantitative estimate of drug-likeness (QED) is 0.369. The van der Waals surface area contributed by atoms with Gasteiger partial charge in [0.2, 0.25) is 0 Å². The number of rotatable bonds is 9. The Morgan fingerprint density at radius 3 is 2.62 bits per heavy atom. The van der Waals surface area contributed by atoms with Crippen molar-refractivity contribution in [1.82, 2.24) is 10.3 Å². The Morgan fingerprint density at radius 2 is 2.00 bits per heavy atom. The molecule has 0 radical (unpaired) electrons. The molecule has 0 saturated carbocycles. The van der Waals surface area contributed by atoms with Gasteiger partial charge < -0.3 is 16.4 Å². The van der Waals surface area contributed by atoms with Crippen LogP contribution in [0.15, 0.2) is 59.6 Å². The first kappa shape index (κ1) is 19.6. The van der Waals surface area contributed by atoms with Gasteiger partial charge in [-0.2, -0.15) is 0 Å². The molecule has 5 nitrogen and oxygen atoms in total. The summed E-state index contributed by atoms with van der Waals surface area (Å²) in [6.07, 6.45) is 10.9. The Morgan fingerprint density at radius 1 is 1.29 bits per heavy atom. The summed E-state index contributed by atoms with van der Waals surface area (Å²) in [5.74, 6) is -0.125. The smallest absolute Gasteiger partial charge is 0.251 e. The summed E-state index contributed by atoms with van der Waals surface area (Å²) < 4.78 is 0. The Balaban J connectivity index is 2.68. The lowest BCUT2D eigenvalue weighted by Gasteiger charge is -2.10. The second-order valence-electron chi connectivity index (χ2n) is 5.52. The fraction of sp³-hybridized carbons (Fsp3) is 0.368. The number of hydrogen-bond acceptors (Lipinski definition) is 4. The maximum Gasteiger partial charge on any atom is 0.251 e. The van der Waals surface area contributed by atoms with Gasteiger partial charge in [0.05, 0.1) is 0 Å². The second-order valence-corrected chi connectivity index (χ2v) is 5.52. The average molecular weight is 328 g/mol. The fourth-order valence-corrected chi connectivity index (χ4v) is 1.90. The van der Waals surface area contributed by atoms with E-state index in [0.29, 0.717) is 12.1 Å². The molecule has 4 N–H and O–H groups in total. The normalized spacial score (nSPS) is 12.9. The predicted molar refractivity (Wildman–Crippen MR) is 100 cm³/mol. The molecule has 1 amide bonds. The van der Waals surface area contributed by atoms with Crippen LogP contribution in [0.3, 0.4) is 0 Å². The Hall–Kier alpha value is -2.40. The van der Waals surface area contributed by atoms with E-state index in [4.69, 9.17) is 5.73 Å². The standard InChI is InChI=1S/C19H28N4O/c1-4-15(2)18(22-12-6-11-20)8-5-7-16(3)19(24)23-17-9-13-21-14-10-17/h5,7-10,13-14,22H,4,6,11-12,20H2,1-3H3,(H,21,23,24)/b8-5-,16-7+,18-15-. The Labute approximate surface area is 144 Å². The van der Waals surface area contributed by atoms with E-state index < -0.39 is 0 Å². The highest BCUT2D eigenvalue weighted by Crippen LogP contribution is 2.09. The van der Waals surface area contributed by atoms with Crippen LogP contribution in [-0.4, -0.2) is 24.0 Å². The topological polar surface area (TPSA) is 80.0 Å². The molecule has 0 atom stereocenters. The summed E-state index contributed by atoms with van der Waals surface area (Å²) in [6, 6.07) is 3.52. The number of aromatic nitrogens is 1. The second kappa shape index (κ2) is 11.2. The first-order valence-electron chi connectivity index (χ1n) is 8.28. The molecule has 1 rings (SSSR count). The molecule has 0 spiro atoms. The lowest BCUT2D eigenvalue weighted by atomic mass is 10.1. The van der Waals surface area contributed by atoms with Crippen molar-refractivity contribution in [2.24, 2.45) is 5.73 Å². The number of pyridine rings is 1. The highest BCUT2D eigenvalue weighted by molar-refractivity contribution is 6.03. The Bertz CT molecular complexity index is 603. The summed E-state index contributed by atoms with van der Waals surface area (Å²) >= 11 is 0. The molecule has 0 saturated heterocycles. The fourth-order valence-electron chi connectivity index (χ4n) is 1.90. The lowest BCUT2D eigenvalue weighted by Crippen LogP contribution is -2.18. The number of carbonyl (C=O) groups is 1. The number of hydrogen-bond donors (Lipinski definition) is 3. The van der Waals surface area contributed by atoms with Crippen molar-refractivity contribution in [3.63, 3.8) is 0 Å². The van der Waals surface area contributed by atoms with Gasteiger partial charge in [-0.3, -0.25) is 9.78 Å². The summed E-state index contributed by atoms with van der Waals surface area (Å²) in [7, 11) is 0. The molecule has 0 fully saturated rings. The number of anilines is 1. The van der Waals surface area contributed by atoms with Gasteiger partial charge in [0.15, 0.2) is 0 Å². The van der Waals surface area contributed by atoms with Gasteiger partial charge in [0, 0.05) is 35.9 Å². The van der Waals surface area contributed by atoms with Crippen molar-refractivity contribution in [3.8, 4) is 0 Å². The van der Waals surface area contributed by atoms with Gasteiger partial charge in [-0.15, -0.1) is 0 Å². The zero-order chi connectivity index (χ0) is 17.8. The van der Waals surface area contributed by atoms with Crippen LogP contribution >= 0.6 is 0 Å². The van der Waals surface area contributed by atoms with E-state index in [-0.39, 0.29) is 5.91 Å². The molecular weight excluding hydrogens is 300 g/mol. The minimum Gasteiger partial charge on any atom is -0.385 e. The van der Waals surface area contributed by atoms with E-state index in [1.54, 1.807) is 31.5 Å². The van der Waals surface area contributed by atoms with Crippen LogP contribution in [0.25, 0.3) is 0 Å². The summed E-state index contributed by atoms with van der Waals surface area (Å²) in [6.45, 7) is 7.53. The monoisotopic (exact) mass is 328 g/mol. The molecule has 0 bridgehead atoms.